The fourth-order valence-corrected chi connectivity index (χ4v) is 4.87. The van der Waals surface area contributed by atoms with Gasteiger partial charge in [0, 0.05) is 29.2 Å². The van der Waals surface area contributed by atoms with Crippen molar-refractivity contribution >= 4 is 34.7 Å². The minimum Gasteiger partial charge on any atom is -0.507 e. The van der Waals surface area contributed by atoms with Crippen LogP contribution in [0.5, 0.6) is 11.5 Å². The fraction of sp³-hybridized carbons (Fsp3) is 0.484. The number of methoxy groups -OCH3 is 1. The van der Waals surface area contributed by atoms with E-state index in [0.717, 1.165) is 40.9 Å². The molecule has 3 rings (SSSR count). The van der Waals surface area contributed by atoms with E-state index >= 15 is 0 Å². The molecule has 1 fully saturated rings. The first-order chi connectivity index (χ1) is 16.8. The quantitative estimate of drug-likeness (QED) is 0.337. The molecule has 0 radical (unpaired) electrons. The summed E-state index contributed by atoms with van der Waals surface area (Å²) in [5, 5.41) is 20.0. The molecule has 1 aliphatic rings. The van der Waals surface area contributed by atoms with Crippen LogP contribution in [0, 0.1) is 11.3 Å². The van der Waals surface area contributed by atoms with Crippen molar-refractivity contribution in [2.45, 2.75) is 72.1 Å². The summed E-state index contributed by atoms with van der Waals surface area (Å²) in [6.07, 6.45) is 4.03. The van der Waals surface area contributed by atoms with Gasteiger partial charge in [0.25, 0.3) is 0 Å². The third-order valence-corrected chi connectivity index (χ3v) is 6.91. The molecule has 37 heavy (non-hydrogen) atoms. The summed E-state index contributed by atoms with van der Waals surface area (Å²) < 4.78 is 5.36. The molecule has 1 saturated heterocycles. The third kappa shape index (κ3) is 7.04. The number of benzene rings is 2. The lowest BCUT2D eigenvalue weighted by atomic mass is 9.78. The molecule has 0 spiro atoms. The number of ether oxygens (including phenoxy) is 1. The Bertz CT molecular complexity index is 1140. The van der Waals surface area contributed by atoms with Crippen LogP contribution in [0.3, 0.4) is 0 Å². The number of phenols is 1. The van der Waals surface area contributed by atoms with Crippen molar-refractivity contribution in [3.63, 3.8) is 0 Å². The molecule has 202 valence electrons. The number of nitrogens with zero attached hydrogens (tertiary/aromatic N) is 1. The highest BCUT2D eigenvalue weighted by atomic mass is 79.9. The van der Waals surface area contributed by atoms with Crippen molar-refractivity contribution < 1.29 is 14.6 Å². The highest BCUT2D eigenvalue weighted by Crippen LogP contribution is 2.40. The molecule has 5 nitrogen and oxygen atoms in total. The first-order valence-electron chi connectivity index (χ1n) is 12.9. The van der Waals surface area contributed by atoms with Gasteiger partial charge in [-0.1, -0.05) is 67.0 Å². The molecular weight excluding hydrogens is 528 g/mol. The lowest BCUT2D eigenvalue weighted by Crippen LogP contribution is -2.31. The summed E-state index contributed by atoms with van der Waals surface area (Å²) in [6, 6.07) is 11.5. The Kier molecular flexibility index (Phi) is 9.81. The second-order valence-electron chi connectivity index (χ2n) is 11.9. The number of ketones is 1. The smallest absolute Gasteiger partial charge is 0.182 e. The number of carbonyl (C=O) groups is 1. The molecule has 1 heterocycles. The van der Waals surface area contributed by atoms with E-state index in [1.54, 1.807) is 7.11 Å². The largest absolute Gasteiger partial charge is 0.507 e. The van der Waals surface area contributed by atoms with Crippen LogP contribution in [0.4, 0.5) is 0 Å². The Morgan fingerprint density at radius 2 is 1.70 bits per heavy atom. The van der Waals surface area contributed by atoms with Gasteiger partial charge in [0.2, 0.25) is 0 Å². The van der Waals surface area contributed by atoms with Crippen LogP contribution >= 0.6 is 17.0 Å². The van der Waals surface area contributed by atoms with Gasteiger partial charge in [0.1, 0.15) is 17.3 Å². The van der Waals surface area contributed by atoms with E-state index in [9.17, 15) is 9.90 Å². The molecule has 2 aromatic carbocycles. The summed E-state index contributed by atoms with van der Waals surface area (Å²) in [4.78, 5) is 15.5. The molecule has 0 amide bonds. The maximum absolute atomic E-state index is 13.6. The van der Waals surface area contributed by atoms with Gasteiger partial charge >= 0.3 is 0 Å². The molecule has 2 N–H and O–H groups in total. The molecule has 1 unspecified atom stereocenters. The van der Waals surface area contributed by atoms with Crippen molar-refractivity contribution in [3.05, 3.63) is 64.2 Å². The summed E-state index contributed by atoms with van der Waals surface area (Å²) in [5.74, 6) is 1.64. The van der Waals surface area contributed by atoms with Crippen LogP contribution in [-0.2, 0) is 10.8 Å². The normalized spacial score (nSPS) is 17.2. The first-order valence-corrected chi connectivity index (χ1v) is 12.9. The average molecular weight is 572 g/mol. The number of carbonyl (C=O) groups excluding carboxylic acids is 1. The van der Waals surface area contributed by atoms with Crippen molar-refractivity contribution in [2.75, 3.05) is 20.2 Å². The van der Waals surface area contributed by atoms with Gasteiger partial charge in [-0.2, -0.15) is 0 Å². The number of aromatic hydroxyl groups is 1. The Morgan fingerprint density at radius 1 is 1.11 bits per heavy atom. The summed E-state index contributed by atoms with van der Waals surface area (Å²) in [7, 11) is 1.65. The topological polar surface area (TPSA) is 73.6 Å². The van der Waals surface area contributed by atoms with Crippen LogP contribution in [0.25, 0.3) is 6.08 Å². The molecule has 0 aromatic heterocycles. The zero-order chi connectivity index (χ0) is 26.8. The molecule has 2 aromatic rings. The standard InChI is InChI=1S/C31H42N2O3.BrH/c1-9-11-21-18-33(29(32)24(21)15-20-12-10-13-23(14-20)36-8)19-27(34)22-16-25(30(2,3)4)28(35)26(17-22)31(5,6)7;/h10,12-17,21,32,35H,9,11,18-19H2,1-8H3;1H/b24-15-,32-29?;. The predicted octanol–water partition coefficient (Wildman–Crippen LogP) is 7.55. The zero-order valence-electron chi connectivity index (χ0n) is 23.6. The Labute approximate surface area is 233 Å². The predicted molar refractivity (Wildman–Crippen MR) is 159 cm³/mol. The van der Waals surface area contributed by atoms with E-state index in [0.29, 0.717) is 17.9 Å². The first kappa shape index (κ1) is 30.6. The number of phenolic OH excluding ortho intramolecular Hbond substituents is 1. The molecule has 0 bridgehead atoms. The van der Waals surface area contributed by atoms with E-state index in [-0.39, 0.29) is 51.8 Å². The van der Waals surface area contributed by atoms with Gasteiger partial charge in [-0.3, -0.25) is 10.2 Å². The Morgan fingerprint density at radius 3 is 2.22 bits per heavy atom. The van der Waals surface area contributed by atoms with E-state index in [4.69, 9.17) is 10.1 Å². The van der Waals surface area contributed by atoms with Crippen LogP contribution in [0.1, 0.15) is 88.4 Å². The van der Waals surface area contributed by atoms with Crippen LogP contribution in [0.2, 0.25) is 0 Å². The summed E-state index contributed by atoms with van der Waals surface area (Å²) in [5.41, 5.74) is 3.49. The van der Waals surface area contributed by atoms with E-state index in [1.165, 1.54) is 0 Å². The Balaban J connectivity index is 0.00000481. The number of halogens is 1. The lowest BCUT2D eigenvalue weighted by Gasteiger charge is -2.28. The minimum atomic E-state index is -0.306. The Hall–Kier alpha value is -2.60. The summed E-state index contributed by atoms with van der Waals surface area (Å²) in [6.45, 7) is 15.2. The maximum Gasteiger partial charge on any atom is 0.182 e. The lowest BCUT2D eigenvalue weighted by molar-refractivity contribution is 0.0963. The molecule has 0 saturated carbocycles. The average Bonchev–Trinajstić information content (AvgIpc) is 3.06. The highest BCUT2D eigenvalue weighted by Gasteiger charge is 2.34. The number of likely N-dealkylation sites (tertiary alicyclic amines) is 1. The SMILES string of the molecule is Br.CCCC1CN(CC(=O)c2cc(C(C)(C)C)c(O)c(C(C)(C)C)c2)C(=N)/C1=C\c1cccc(OC)c1. The number of Topliss-reactive ketones (excluding diaryl/α,β-unsaturated/α-hetero) is 1. The number of amidine groups is 1. The third-order valence-electron chi connectivity index (χ3n) is 6.91. The second kappa shape index (κ2) is 11.8. The van der Waals surface area contributed by atoms with Gasteiger partial charge in [-0.05, 0) is 58.7 Å². The zero-order valence-corrected chi connectivity index (χ0v) is 25.3. The molecule has 0 aliphatic carbocycles. The van der Waals surface area contributed by atoms with E-state index in [1.807, 2.05) is 82.8 Å². The minimum absolute atomic E-state index is 0. The monoisotopic (exact) mass is 570 g/mol. The van der Waals surface area contributed by atoms with Crippen molar-refractivity contribution in [2.24, 2.45) is 5.92 Å². The number of hydrogen-bond donors (Lipinski definition) is 2. The second-order valence-corrected chi connectivity index (χ2v) is 11.9. The molecule has 1 aliphatic heterocycles. The van der Waals surface area contributed by atoms with Gasteiger partial charge in [-0.15, -0.1) is 17.0 Å². The molecular formula is C31H43BrN2O3. The summed E-state index contributed by atoms with van der Waals surface area (Å²) >= 11 is 0. The van der Waals surface area contributed by atoms with Crippen molar-refractivity contribution in [1.29, 1.82) is 5.41 Å². The molecule has 6 heteroatoms. The van der Waals surface area contributed by atoms with Gasteiger partial charge < -0.3 is 14.7 Å². The maximum atomic E-state index is 13.6. The van der Waals surface area contributed by atoms with Crippen molar-refractivity contribution in [1.82, 2.24) is 4.90 Å². The van der Waals surface area contributed by atoms with Gasteiger partial charge in [-0.25, -0.2) is 0 Å². The fourth-order valence-electron chi connectivity index (χ4n) is 4.87. The van der Waals surface area contributed by atoms with Crippen LogP contribution < -0.4 is 4.74 Å². The van der Waals surface area contributed by atoms with Crippen molar-refractivity contribution in [3.8, 4) is 11.5 Å². The number of hydrogen-bond acceptors (Lipinski definition) is 4. The van der Waals surface area contributed by atoms with Gasteiger partial charge in [0.05, 0.1) is 13.7 Å². The highest BCUT2D eigenvalue weighted by molar-refractivity contribution is 8.93. The van der Waals surface area contributed by atoms with Gasteiger partial charge in [0.15, 0.2) is 5.78 Å². The van der Waals surface area contributed by atoms with Crippen LogP contribution in [0.15, 0.2) is 42.0 Å². The van der Waals surface area contributed by atoms with E-state index < -0.39 is 0 Å². The number of rotatable bonds is 7. The van der Waals surface area contributed by atoms with Crippen LogP contribution in [-0.4, -0.2) is 41.8 Å². The number of nitrogens with one attached hydrogen (secondary N) is 1. The molecule has 1 atom stereocenters. The van der Waals surface area contributed by atoms with E-state index in [2.05, 4.69) is 13.0 Å².